The molecule has 1 atom stereocenters. The third-order valence-corrected chi connectivity index (χ3v) is 4.15. The minimum absolute atomic E-state index is 0.142. The summed E-state index contributed by atoms with van der Waals surface area (Å²) in [5.41, 5.74) is 2.39. The maximum atomic E-state index is 12.5. The Hall–Kier alpha value is -2.63. The summed E-state index contributed by atoms with van der Waals surface area (Å²) in [6.07, 6.45) is 0. The maximum absolute atomic E-state index is 12.5. The first-order chi connectivity index (χ1) is 11.0. The number of anilines is 1. The summed E-state index contributed by atoms with van der Waals surface area (Å²) in [6.45, 7) is 6.24. The highest BCUT2D eigenvalue weighted by Gasteiger charge is 2.28. The third kappa shape index (κ3) is 3.26. The van der Waals surface area contributed by atoms with Gasteiger partial charge in [0.05, 0.1) is 0 Å². The molecule has 1 aromatic carbocycles. The highest BCUT2D eigenvalue weighted by Crippen LogP contribution is 2.22. The molecule has 0 bridgehead atoms. The number of carbonyl (C=O) groups is 1. The fraction of sp³-hybridized carbons (Fsp3) is 0.353. The molecule has 1 amide bonds. The second-order valence-corrected chi connectivity index (χ2v) is 5.94. The van der Waals surface area contributed by atoms with E-state index in [0.717, 1.165) is 6.54 Å². The fourth-order valence-electron chi connectivity index (χ4n) is 2.96. The molecule has 2 aromatic rings. The lowest BCUT2D eigenvalue weighted by Gasteiger charge is -2.41. The number of piperazine rings is 1. The largest absolute Gasteiger partial charge is 0.365 e. The number of hydrogen-bond acceptors (Lipinski definition) is 4. The Morgan fingerprint density at radius 1 is 1.26 bits per heavy atom. The molecule has 0 radical (unpaired) electrons. The van der Waals surface area contributed by atoms with E-state index in [2.05, 4.69) is 53.2 Å². The molecular weight excluding hydrogens is 292 g/mol. The van der Waals surface area contributed by atoms with E-state index in [4.69, 9.17) is 0 Å². The SMILES string of the molecule is Cc1cccc(N2CCN(C(=O)c3ccc(=O)[nH]n3)C[C@H]2C)c1. The van der Waals surface area contributed by atoms with Crippen LogP contribution in [0.3, 0.4) is 0 Å². The van der Waals surface area contributed by atoms with Crippen LogP contribution in [0.15, 0.2) is 41.2 Å². The van der Waals surface area contributed by atoms with E-state index in [-0.39, 0.29) is 23.2 Å². The number of rotatable bonds is 2. The highest BCUT2D eigenvalue weighted by atomic mass is 16.2. The smallest absolute Gasteiger partial charge is 0.274 e. The Balaban J connectivity index is 1.72. The number of nitrogens with zero attached hydrogens (tertiary/aromatic N) is 3. The predicted octanol–water partition coefficient (Wildman–Crippen LogP) is 1.43. The molecule has 3 rings (SSSR count). The molecule has 1 saturated heterocycles. The Labute approximate surface area is 134 Å². The second kappa shape index (κ2) is 6.24. The first-order valence-corrected chi connectivity index (χ1v) is 7.73. The zero-order valence-corrected chi connectivity index (χ0v) is 13.3. The van der Waals surface area contributed by atoms with Crippen molar-refractivity contribution in [1.82, 2.24) is 15.1 Å². The fourth-order valence-corrected chi connectivity index (χ4v) is 2.96. The van der Waals surface area contributed by atoms with E-state index in [1.807, 2.05) is 0 Å². The number of aromatic nitrogens is 2. The van der Waals surface area contributed by atoms with Crippen LogP contribution in [0.1, 0.15) is 23.0 Å². The summed E-state index contributed by atoms with van der Waals surface area (Å²) in [5.74, 6) is -0.142. The van der Waals surface area contributed by atoms with Crippen LogP contribution < -0.4 is 10.5 Å². The normalized spacial score (nSPS) is 18.1. The molecule has 1 aliphatic heterocycles. The van der Waals surface area contributed by atoms with Crippen molar-refractivity contribution in [1.29, 1.82) is 0 Å². The van der Waals surface area contributed by atoms with Gasteiger partial charge in [-0.25, -0.2) is 5.10 Å². The lowest BCUT2D eigenvalue weighted by atomic mass is 10.1. The van der Waals surface area contributed by atoms with Gasteiger partial charge in [0.2, 0.25) is 0 Å². The van der Waals surface area contributed by atoms with Gasteiger partial charge in [-0.2, -0.15) is 5.10 Å². The summed E-state index contributed by atoms with van der Waals surface area (Å²) in [6, 6.07) is 11.4. The summed E-state index contributed by atoms with van der Waals surface area (Å²) in [5, 5.41) is 6.13. The molecule has 1 N–H and O–H groups in total. The number of benzene rings is 1. The molecule has 6 heteroatoms. The standard InChI is InChI=1S/C17H20N4O2/c1-12-4-3-5-14(10-12)21-9-8-20(11-13(21)2)17(23)15-6-7-16(22)19-18-15/h3-7,10,13H,8-9,11H2,1-2H3,(H,19,22)/t13-/m1/s1. The number of hydrogen-bond donors (Lipinski definition) is 1. The van der Waals surface area contributed by atoms with Crippen LogP contribution in [0.4, 0.5) is 5.69 Å². The minimum Gasteiger partial charge on any atom is -0.365 e. The van der Waals surface area contributed by atoms with E-state index in [1.54, 1.807) is 4.90 Å². The molecule has 0 spiro atoms. The van der Waals surface area contributed by atoms with Gasteiger partial charge in [0.25, 0.3) is 11.5 Å². The van der Waals surface area contributed by atoms with E-state index in [9.17, 15) is 9.59 Å². The molecule has 2 heterocycles. The summed E-state index contributed by atoms with van der Waals surface area (Å²) >= 11 is 0. The van der Waals surface area contributed by atoms with Gasteiger partial charge in [0.15, 0.2) is 0 Å². The molecule has 0 saturated carbocycles. The third-order valence-electron chi connectivity index (χ3n) is 4.15. The second-order valence-electron chi connectivity index (χ2n) is 5.94. The molecule has 1 fully saturated rings. The predicted molar refractivity (Wildman–Crippen MR) is 88.7 cm³/mol. The molecule has 6 nitrogen and oxygen atoms in total. The van der Waals surface area contributed by atoms with E-state index in [0.29, 0.717) is 13.1 Å². The van der Waals surface area contributed by atoms with E-state index in [1.165, 1.54) is 23.4 Å². The molecule has 1 aliphatic rings. The van der Waals surface area contributed by atoms with Crippen molar-refractivity contribution in [3.63, 3.8) is 0 Å². The first kappa shape index (κ1) is 15.3. The lowest BCUT2D eigenvalue weighted by Crippen LogP contribution is -2.54. The van der Waals surface area contributed by atoms with Crippen LogP contribution in [0.5, 0.6) is 0 Å². The Morgan fingerprint density at radius 3 is 2.74 bits per heavy atom. The number of amides is 1. The van der Waals surface area contributed by atoms with Crippen molar-refractivity contribution >= 4 is 11.6 Å². The van der Waals surface area contributed by atoms with Crippen molar-refractivity contribution in [2.45, 2.75) is 19.9 Å². The summed E-state index contributed by atoms with van der Waals surface area (Å²) in [4.78, 5) is 27.6. The van der Waals surface area contributed by atoms with Gasteiger partial charge < -0.3 is 9.80 Å². The summed E-state index contributed by atoms with van der Waals surface area (Å²) in [7, 11) is 0. The lowest BCUT2D eigenvalue weighted by molar-refractivity contribution is 0.0719. The molecular formula is C17H20N4O2. The maximum Gasteiger partial charge on any atom is 0.274 e. The molecule has 120 valence electrons. The van der Waals surface area contributed by atoms with Crippen molar-refractivity contribution in [3.8, 4) is 0 Å². The van der Waals surface area contributed by atoms with E-state index < -0.39 is 0 Å². The number of nitrogens with one attached hydrogen (secondary N) is 1. The number of aryl methyl sites for hydroxylation is 1. The van der Waals surface area contributed by atoms with Gasteiger partial charge in [0.1, 0.15) is 5.69 Å². The van der Waals surface area contributed by atoms with Crippen molar-refractivity contribution < 1.29 is 4.79 Å². The van der Waals surface area contributed by atoms with Gasteiger partial charge in [-0.05, 0) is 37.6 Å². The van der Waals surface area contributed by atoms with Gasteiger partial charge >= 0.3 is 0 Å². The minimum atomic E-state index is -0.306. The van der Waals surface area contributed by atoms with Gasteiger partial charge in [-0.3, -0.25) is 9.59 Å². The van der Waals surface area contributed by atoms with Crippen LogP contribution in [-0.2, 0) is 0 Å². The molecule has 0 unspecified atom stereocenters. The zero-order valence-electron chi connectivity index (χ0n) is 13.3. The first-order valence-electron chi connectivity index (χ1n) is 7.73. The Kier molecular flexibility index (Phi) is 4.14. The number of carbonyl (C=O) groups excluding carboxylic acids is 1. The van der Waals surface area contributed by atoms with Crippen LogP contribution in [0.25, 0.3) is 0 Å². The molecule has 23 heavy (non-hydrogen) atoms. The van der Waals surface area contributed by atoms with Crippen LogP contribution >= 0.6 is 0 Å². The number of H-pyrrole nitrogens is 1. The molecule has 0 aliphatic carbocycles. The van der Waals surface area contributed by atoms with E-state index >= 15 is 0 Å². The summed E-state index contributed by atoms with van der Waals surface area (Å²) < 4.78 is 0. The topological polar surface area (TPSA) is 69.3 Å². The highest BCUT2D eigenvalue weighted by molar-refractivity contribution is 5.92. The Bertz CT molecular complexity index is 751. The average Bonchev–Trinajstić information content (AvgIpc) is 2.55. The van der Waals surface area contributed by atoms with Crippen molar-refractivity contribution in [2.24, 2.45) is 0 Å². The van der Waals surface area contributed by atoms with Crippen molar-refractivity contribution in [3.05, 3.63) is 58.0 Å². The Morgan fingerprint density at radius 2 is 2.09 bits per heavy atom. The van der Waals surface area contributed by atoms with Crippen LogP contribution in [0.2, 0.25) is 0 Å². The number of aromatic amines is 1. The average molecular weight is 312 g/mol. The zero-order chi connectivity index (χ0) is 16.4. The molecule has 1 aromatic heterocycles. The van der Waals surface area contributed by atoms with Crippen LogP contribution in [-0.4, -0.2) is 46.7 Å². The van der Waals surface area contributed by atoms with Gasteiger partial charge in [-0.1, -0.05) is 12.1 Å². The quantitative estimate of drug-likeness (QED) is 0.911. The monoisotopic (exact) mass is 312 g/mol. The van der Waals surface area contributed by atoms with Gasteiger partial charge in [0, 0.05) is 37.4 Å². The van der Waals surface area contributed by atoms with Gasteiger partial charge in [-0.15, -0.1) is 0 Å². The van der Waals surface area contributed by atoms with Crippen LogP contribution in [0, 0.1) is 6.92 Å². The van der Waals surface area contributed by atoms with Crippen molar-refractivity contribution in [2.75, 3.05) is 24.5 Å².